The summed E-state index contributed by atoms with van der Waals surface area (Å²) in [5, 5.41) is 5.85. The smallest absolute Gasteiger partial charge is 0.319 e. The first-order chi connectivity index (χ1) is 7.28. The third-order valence-electron chi connectivity index (χ3n) is 1.73. The van der Waals surface area contributed by atoms with Gasteiger partial charge in [-0.25, -0.2) is 4.79 Å². The van der Waals surface area contributed by atoms with E-state index in [0.29, 0.717) is 16.4 Å². The van der Waals surface area contributed by atoms with Crippen LogP contribution in [0.2, 0.25) is 5.02 Å². The summed E-state index contributed by atoms with van der Waals surface area (Å²) in [5.41, 5.74) is 6.36. The van der Waals surface area contributed by atoms with E-state index in [1.54, 1.807) is 18.2 Å². The highest BCUT2D eigenvalue weighted by molar-refractivity contribution is 6.34. The number of benzene rings is 1. The molecule has 0 aliphatic carbocycles. The molecule has 0 aromatic heterocycles. The van der Waals surface area contributed by atoms with Gasteiger partial charge in [0, 0.05) is 11.2 Å². The van der Waals surface area contributed by atoms with E-state index in [1.165, 1.54) is 0 Å². The van der Waals surface area contributed by atoms with Gasteiger partial charge in [-0.1, -0.05) is 11.6 Å². The van der Waals surface area contributed by atoms with Gasteiger partial charge in [0.1, 0.15) is 0 Å². The third kappa shape index (κ3) is 3.98. The van der Waals surface area contributed by atoms with Crippen molar-refractivity contribution in [1.29, 1.82) is 0 Å². The van der Waals surface area contributed by atoms with Gasteiger partial charge < -0.3 is 16.4 Å². The van der Waals surface area contributed by atoms with Crippen LogP contribution in [0.1, 0.15) is 20.8 Å². The van der Waals surface area contributed by atoms with Crippen LogP contribution in [0.4, 0.5) is 16.2 Å². The molecule has 0 saturated heterocycles. The molecular formula is C11H16ClN3O. The summed E-state index contributed by atoms with van der Waals surface area (Å²) in [5.74, 6) is 0. The van der Waals surface area contributed by atoms with Crippen LogP contribution in [0.15, 0.2) is 18.2 Å². The number of halogens is 1. The summed E-state index contributed by atoms with van der Waals surface area (Å²) in [7, 11) is 0. The number of nitrogens with one attached hydrogen (secondary N) is 2. The first kappa shape index (κ1) is 12.6. The predicted octanol–water partition coefficient (Wildman–Crippen LogP) is 2.84. The predicted molar refractivity (Wildman–Crippen MR) is 67.8 cm³/mol. The van der Waals surface area contributed by atoms with E-state index in [-0.39, 0.29) is 11.6 Å². The average Bonchev–Trinajstić information content (AvgIpc) is 2.06. The molecule has 4 nitrogen and oxygen atoms in total. The second-order valence-corrected chi connectivity index (χ2v) is 4.98. The molecule has 1 aromatic carbocycles. The number of nitrogens with two attached hydrogens (primary N) is 1. The van der Waals surface area contributed by atoms with Crippen molar-refractivity contribution in [3.8, 4) is 0 Å². The largest absolute Gasteiger partial charge is 0.399 e. The zero-order valence-corrected chi connectivity index (χ0v) is 10.4. The van der Waals surface area contributed by atoms with Crippen molar-refractivity contribution in [2.45, 2.75) is 26.3 Å². The van der Waals surface area contributed by atoms with Gasteiger partial charge in [0.25, 0.3) is 0 Å². The van der Waals surface area contributed by atoms with Crippen molar-refractivity contribution < 1.29 is 4.79 Å². The molecule has 0 heterocycles. The van der Waals surface area contributed by atoms with Crippen LogP contribution in [-0.4, -0.2) is 11.6 Å². The lowest BCUT2D eigenvalue weighted by Crippen LogP contribution is -2.43. The van der Waals surface area contributed by atoms with Crippen molar-refractivity contribution in [1.82, 2.24) is 5.32 Å². The molecule has 0 bridgehead atoms. The molecule has 0 saturated carbocycles. The monoisotopic (exact) mass is 241 g/mol. The van der Waals surface area contributed by atoms with Gasteiger partial charge >= 0.3 is 6.03 Å². The Morgan fingerprint density at radius 2 is 2.00 bits per heavy atom. The number of hydrogen-bond donors (Lipinski definition) is 3. The number of hydrogen-bond acceptors (Lipinski definition) is 2. The van der Waals surface area contributed by atoms with Crippen LogP contribution < -0.4 is 16.4 Å². The van der Waals surface area contributed by atoms with Gasteiger partial charge in [0.15, 0.2) is 0 Å². The average molecular weight is 242 g/mol. The highest BCUT2D eigenvalue weighted by atomic mass is 35.5. The molecule has 88 valence electrons. The zero-order valence-electron chi connectivity index (χ0n) is 9.60. The van der Waals surface area contributed by atoms with Crippen LogP contribution in [-0.2, 0) is 0 Å². The van der Waals surface area contributed by atoms with E-state index in [2.05, 4.69) is 10.6 Å². The number of amides is 2. The molecule has 5 heteroatoms. The number of urea groups is 1. The Hall–Kier alpha value is -1.42. The van der Waals surface area contributed by atoms with Gasteiger partial charge in [0.2, 0.25) is 0 Å². The second-order valence-electron chi connectivity index (χ2n) is 4.57. The third-order valence-corrected chi connectivity index (χ3v) is 2.04. The molecule has 1 rings (SSSR count). The minimum atomic E-state index is -0.292. The summed E-state index contributed by atoms with van der Waals surface area (Å²) in [6.45, 7) is 5.70. The second kappa shape index (κ2) is 4.61. The van der Waals surface area contributed by atoms with Crippen molar-refractivity contribution in [2.24, 2.45) is 0 Å². The van der Waals surface area contributed by atoms with E-state index in [4.69, 9.17) is 17.3 Å². The molecule has 2 amide bonds. The molecular weight excluding hydrogens is 226 g/mol. The SMILES string of the molecule is CC(C)(C)NC(=O)Nc1ccc(N)cc1Cl. The van der Waals surface area contributed by atoms with Crippen LogP contribution in [0.5, 0.6) is 0 Å². The zero-order chi connectivity index (χ0) is 12.3. The van der Waals surface area contributed by atoms with E-state index in [1.807, 2.05) is 20.8 Å². The highest BCUT2D eigenvalue weighted by Crippen LogP contribution is 2.23. The van der Waals surface area contributed by atoms with E-state index in [0.717, 1.165) is 0 Å². The van der Waals surface area contributed by atoms with Crippen molar-refractivity contribution in [3.05, 3.63) is 23.2 Å². The maximum Gasteiger partial charge on any atom is 0.319 e. The standard InChI is InChI=1S/C11H16ClN3O/c1-11(2,3)15-10(16)14-9-5-4-7(13)6-8(9)12/h4-6H,13H2,1-3H3,(H2,14,15,16). The molecule has 16 heavy (non-hydrogen) atoms. The number of carbonyl (C=O) groups excluding carboxylic acids is 1. The number of nitrogen functional groups attached to an aromatic ring is 1. The molecule has 0 unspecified atom stereocenters. The van der Waals surface area contributed by atoms with Crippen LogP contribution in [0.25, 0.3) is 0 Å². The molecule has 0 spiro atoms. The van der Waals surface area contributed by atoms with Crippen molar-refractivity contribution in [3.63, 3.8) is 0 Å². The first-order valence-corrected chi connectivity index (χ1v) is 5.30. The molecule has 0 atom stereocenters. The van der Waals surface area contributed by atoms with E-state index in [9.17, 15) is 4.79 Å². The van der Waals surface area contributed by atoms with Gasteiger partial charge in [-0.2, -0.15) is 0 Å². The highest BCUT2D eigenvalue weighted by Gasteiger charge is 2.14. The van der Waals surface area contributed by atoms with Gasteiger partial charge in [-0.3, -0.25) is 0 Å². The fraction of sp³-hybridized carbons (Fsp3) is 0.364. The van der Waals surface area contributed by atoms with Crippen LogP contribution in [0, 0.1) is 0 Å². The summed E-state index contributed by atoms with van der Waals surface area (Å²) < 4.78 is 0. The maximum atomic E-state index is 11.6. The number of anilines is 2. The summed E-state index contributed by atoms with van der Waals surface area (Å²) in [4.78, 5) is 11.6. The molecule has 0 aliphatic rings. The summed E-state index contributed by atoms with van der Waals surface area (Å²) >= 11 is 5.92. The number of rotatable bonds is 1. The Balaban J connectivity index is 2.70. The topological polar surface area (TPSA) is 67.2 Å². The minimum Gasteiger partial charge on any atom is -0.399 e. The first-order valence-electron chi connectivity index (χ1n) is 4.92. The Morgan fingerprint density at radius 1 is 1.38 bits per heavy atom. The van der Waals surface area contributed by atoms with Gasteiger partial charge in [-0.15, -0.1) is 0 Å². The Kier molecular flexibility index (Phi) is 3.65. The molecule has 4 N–H and O–H groups in total. The van der Waals surface area contributed by atoms with Crippen LogP contribution >= 0.6 is 11.6 Å². The Labute approximate surface area is 100 Å². The minimum absolute atomic E-state index is 0.287. The lowest BCUT2D eigenvalue weighted by molar-refractivity contribution is 0.244. The van der Waals surface area contributed by atoms with Gasteiger partial charge in [-0.05, 0) is 39.0 Å². The lowest BCUT2D eigenvalue weighted by Gasteiger charge is -2.21. The van der Waals surface area contributed by atoms with E-state index < -0.39 is 0 Å². The normalized spacial score (nSPS) is 11.0. The summed E-state index contributed by atoms with van der Waals surface area (Å²) in [6.07, 6.45) is 0. The van der Waals surface area contributed by atoms with Crippen molar-refractivity contribution >= 4 is 29.0 Å². The maximum absolute atomic E-state index is 11.6. The van der Waals surface area contributed by atoms with Gasteiger partial charge in [0.05, 0.1) is 10.7 Å². The quantitative estimate of drug-likeness (QED) is 0.662. The van der Waals surface area contributed by atoms with Crippen LogP contribution in [0.3, 0.4) is 0 Å². The molecule has 0 aliphatic heterocycles. The Bertz CT molecular complexity index is 399. The van der Waals surface area contributed by atoms with E-state index >= 15 is 0 Å². The molecule has 0 fully saturated rings. The lowest BCUT2D eigenvalue weighted by atomic mass is 10.1. The Morgan fingerprint density at radius 3 is 2.50 bits per heavy atom. The number of carbonyl (C=O) groups is 1. The fourth-order valence-corrected chi connectivity index (χ4v) is 1.36. The molecule has 0 radical (unpaired) electrons. The molecule has 1 aromatic rings. The fourth-order valence-electron chi connectivity index (χ4n) is 1.13. The summed E-state index contributed by atoms with van der Waals surface area (Å²) in [6, 6.07) is 4.64. The van der Waals surface area contributed by atoms with Crippen molar-refractivity contribution in [2.75, 3.05) is 11.1 Å².